The van der Waals surface area contributed by atoms with Gasteiger partial charge >= 0.3 is 0 Å². The van der Waals surface area contributed by atoms with E-state index in [4.69, 9.17) is 5.84 Å². The minimum atomic E-state index is -0.170. The van der Waals surface area contributed by atoms with Crippen LogP contribution < -0.4 is 11.3 Å². The molecule has 1 aliphatic rings. The second-order valence-electron chi connectivity index (χ2n) is 6.45. The van der Waals surface area contributed by atoms with Crippen LogP contribution in [0, 0.1) is 17.2 Å². The zero-order valence-corrected chi connectivity index (χ0v) is 12.0. The Kier molecular flexibility index (Phi) is 4.58. The van der Waals surface area contributed by atoms with Crippen molar-refractivity contribution in [1.82, 2.24) is 5.43 Å². The van der Waals surface area contributed by atoms with E-state index in [0.717, 1.165) is 12.0 Å². The molecule has 3 heteroatoms. The van der Waals surface area contributed by atoms with Gasteiger partial charge in [0.25, 0.3) is 0 Å². The van der Waals surface area contributed by atoms with E-state index in [1.807, 2.05) is 6.07 Å². The normalized spacial score (nSPS) is 24.1. The van der Waals surface area contributed by atoms with E-state index in [2.05, 4.69) is 19.3 Å². The summed E-state index contributed by atoms with van der Waals surface area (Å²) in [5.41, 5.74) is 4.30. The molecule has 0 aliphatic heterocycles. The Bertz CT molecular complexity index is 417. The average Bonchev–Trinajstić information content (AvgIpc) is 2.36. The fourth-order valence-electron chi connectivity index (χ4n) is 3.50. The van der Waals surface area contributed by atoms with Crippen molar-refractivity contribution in [3.05, 3.63) is 35.6 Å². The lowest BCUT2D eigenvalue weighted by Gasteiger charge is -2.43. The smallest absolute Gasteiger partial charge is 0.123 e. The van der Waals surface area contributed by atoms with Crippen LogP contribution in [0.4, 0.5) is 4.39 Å². The topological polar surface area (TPSA) is 38.0 Å². The van der Waals surface area contributed by atoms with Gasteiger partial charge in [-0.15, -0.1) is 0 Å². The van der Waals surface area contributed by atoms with Crippen LogP contribution in [0.2, 0.25) is 0 Å². The number of nitrogens with one attached hydrogen (secondary N) is 1. The Hall–Kier alpha value is -0.930. The molecule has 2 nitrogen and oxygen atoms in total. The maximum Gasteiger partial charge on any atom is 0.123 e. The zero-order chi connectivity index (χ0) is 13.9. The first-order chi connectivity index (χ1) is 9.03. The Labute approximate surface area is 115 Å². The third-order valence-corrected chi connectivity index (χ3v) is 4.63. The Morgan fingerprint density at radius 3 is 2.84 bits per heavy atom. The Morgan fingerprint density at radius 1 is 1.42 bits per heavy atom. The molecule has 0 bridgehead atoms. The van der Waals surface area contributed by atoms with Gasteiger partial charge in [-0.25, -0.2) is 4.39 Å². The zero-order valence-electron chi connectivity index (χ0n) is 12.0. The lowest BCUT2D eigenvalue weighted by Crippen LogP contribution is -2.48. The molecule has 0 aromatic heterocycles. The second-order valence-corrected chi connectivity index (χ2v) is 6.45. The average molecular weight is 264 g/mol. The summed E-state index contributed by atoms with van der Waals surface area (Å²) in [5.74, 6) is 6.15. The van der Waals surface area contributed by atoms with Crippen molar-refractivity contribution in [3.8, 4) is 0 Å². The van der Waals surface area contributed by atoms with Gasteiger partial charge in [-0.1, -0.05) is 38.8 Å². The molecule has 1 aromatic rings. The van der Waals surface area contributed by atoms with E-state index in [0.29, 0.717) is 11.3 Å². The summed E-state index contributed by atoms with van der Waals surface area (Å²) in [4.78, 5) is 0. The highest BCUT2D eigenvalue weighted by molar-refractivity contribution is 5.18. The monoisotopic (exact) mass is 264 g/mol. The van der Waals surface area contributed by atoms with Crippen molar-refractivity contribution in [3.63, 3.8) is 0 Å². The Morgan fingerprint density at radius 2 is 2.21 bits per heavy atom. The molecule has 0 radical (unpaired) electrons. The number of rotatable bonds is 4. The van der Waals surface area contributed by atoms with Gasteiger partial charge in [-0.3, -0.25) is 11.3 Å². The van der Waals surface area contributed by atoms with Crippen molar-refractivity contribution < 1.29 is 4.39 Å². The van der Waals surface area contributed by atoms with Gasteiger partial charge in [-0.05, 0) is 48.3 Å². The Balaban J connectivity index is 2.11. The molecular formula is C16H25FN2. The molecule has 0 amide bonds. The molecule has 1 fully saturated rings. The molecule has 0 spiro atoms. The fraction of sp³-hybridized carbons (Fsp3) is 0.625. The van der Waals surface area contributed by atoms with Crippen molar-refractivity contribution in [2.24, 2.45) is 17.2 Å². The second kappa shape index (κ2) is 6.02. The van der Waals surface area contributed by atoms with Crippen LogP contribution in [0.15, 0.2) is 24.3 Å². The maximum atomic E-state index is 13.3. The van der Waals surface area contributed by atoms with Gasteiger partial charge in [0.1, 0.15) is 5.82 Å². The van der Waals surface area contributed by atoms with Crippen molar-refractivity contribution in [1.29, 1.82) is 0 Å². The lowest BCUT2D eigenvalue weighted by molar-refractivity contribution is 0.0981. The first kappa shape index (κ1) is 14.5. The van der Waals surface area contributed by atoms with Crippen LogP contribution >= 0.6 is 0 Å². The molecule has 1 aliphatic carbocycles. The molecule has 2 rings (SSSR count). The van der Waals surface area contributed by atoms with E-state index in [1.54, 1.807) is 12.1 Å². The number of halogens is 1. The van der Waals surface area contributed by atoms with E-state index >= 15 is 0 Å². The number of hydrogen-bond donors (Lipinski definition) is 2. The minimum absolute atomic E-state index is 0.170. The molecule has 2 atom stereocenters. The van der Waals surface area contributed by atoms with Gasteiger partial charge in [0.05, 0.1) is 0 Å². The van der Waals surface area contributed by atoms with Crippen molar-refractivity contribution >= 4 is 0 Å². The number of hydrogen-bond acceptors (Lipinski definition) is 2. The summed E-state index contributed by atoms with van der Waals surface area (Å²) in [6.07, 6.45) is 5.83. The minimum Gasteiger partial charge on any atom is -0.271 e. The predicted molar refractivity (Wildman–Crippen MR) is 77.0 cm³/mol. The molecule has 106 valence electrons. The van der Waals surface area contributed by atoms with Gasteiger partial charge in [-0.2, -0.15) is 0 Å². The first-order valence-corrected chi connectivity index (χ1v) is 7.23. The third kappa shape index (κ3) is 3.54. The highest BCUT2D eigenvalue weighted by Gasteiger charge is 2.37. The number of nitrogens with two attached hydrogens (primary N) is 1. The molecule has 0 heterocycles. The molecule has 2 unspecified atom stereocenters. The highest BCUT2D eigenvalue weighted by atomic mass is 19.1. The highest BCUT2D eigenvalue weighted by Crippen LogP contribution is 2.42. The summed E-state index contributed by atoms with van der Waals surface area (Å²) in [7, 11) is 0. The molecule has 1 aromatic carbocycles. The molecular weight excluding hydrogens is 239 g/mol. The molecule has 1 saturated carbocycles. The maximum absolute atomic E-state index is 13.3. The van der Waals surface area contributed by atoms with Gasteiger partial charge in [0, 0.05) is 6.04 Å². The quantitative estimate of drug-likeness (QED) is 0.646. The summed E-state index contributed by atoms with van der Waals surface area (Å²) in [6, 6.07) is 7.06. The van der Waals surface area contributed by atoms with E-state index < -0.39 is 0 Å². The summed E-state index contributed by atoms with van der Waals surface area (Å²) < 4.78 is 13.3. The van der Waals surface area contributed by atoms with Crippen LogP contribution in [-0.2, 0) is 6.42 Å². The van der Waals surface area contributed by atoms with Gasteiger partial charge in [0.2, 0.25) is 0 Å². The van der Waals surface area contributed by atoms with E-state index in [9.17, 15) is 4.39 Å². The van der Waals surface area contributed by atoms with Crippen LogP contribution in [0.25, 0.3) is 0 Å². The first-order valence-electron chi connectivity index (χ1n) is 7.23. The number of hydrazine groups is 1. The fourth-order valence-corrected chi connectivity index (χ4v) is 3.50. The van der Waals surface area contributed by atoms with Crippen LogP contribution in [0.1, 0.15) is 45.1 Å². The standard InChI is InChI=1S/C16H25FN2/c1-16(2)9-4-3-8-14(16)15(19-18)11-12-6-5-7-13(17)10-12/h5-7,10,14-15,19H,3-4,8-9,11,18H2,1-2H3. The van der Waals surface area contributed by atoms with Gasteiger partial charge < -0.3 is 0 Å². The van der Waals surface area contributed by atoms with Crippen LogP contribution in [0.3, 0.4) is 0 Å². The SMILES string of the molecule is CC1(C)CCCCC1C(Cc1cccc(F)c1)NN. The predicted octanol–water partition coefficient (Wildman–Crippen LogP) is 3.42. The lowest BCUT2D eigenvalue weighted by atomic mass is 9.65. The van der Waals surface area contributed by atoms with E-state index in [-0.39, 0.29) is 11.9 Å². The molecule has 0 saturated heterocycles. The van der Waals surface area contributed by atoms with E-state index in [1.165, 1.54) is 31.7 Å². The third-order valence-electron chi connectivity index (χ3n) is 4.63. The van der Waals surface area contributed by atoms with Crippen LogP contribution in [0.5, 0.6) is 0 Å². The molecule has 3 N–H and O–H groups in total. The van der Waals surface area contributed by atoms with Crippen LogP contribution in [-0.4, -0.2) is 6.04 Å². The van der Waals surface area contributed by atoms with Gasteiger partial charge in [0.15, 0.2) is 0 Å². The van der Waals surface area contributed by atoms with Crippen molar-refractivity contribution in [2.45, 2.75) is 52.0 Å². The summed E-state index contributed by atoms with van der Waals surface area (Å²) in [6.45, 7) is 4.65. The molecule has 19 heavy (non-hydrogen) atoms. The van der Waals surface area contributed by atoms with Crippen molar-refractivity contribution in [2.75, 3.05) is 0 Å². The number of benzene rings is 1. The summed E-state index contributed by atoms with van der Waals surface area (Å²) >= 11 is 0. The summed E-state index contributed by atoms with van der Waals surface area (Å²) in [5, 5.41) is 0. The largest absolute Gasteiger partial charge is 0.271 e.